The van der Waals surface area contributed by atoms with Gasteiger partial charge in [0.2, 0.25) is 5.43 Å². The Labute approximate surface area is 125 Å². The van der Waals surface area contributed by atoms with Gasteiger partial charge in [-0.2, -0.15) is 0 Å². The van der Waals surface area contributed by atoms with Gasteiger partial charge >= 0.3 is 5.97 Å². The Balaban J connectivity index is 2.89. The smallest absolute Gasteiger partial charge is 0.352 e. The second-order valence-electron chi connectivity index (χ2n) is 4.55. The zero-order valence-corrected chi connectivity index (χ0v) is 11.8. The van der Waals surface area contributed by atoms with Crippen LogP contribution in [-0.4, -0.2) is 20.7 Å². The minimum atomic E-state index is -1.25. The summed E-state index contributed by atoms with van der Waals surface area (Å²) >= 11 is 0. The van der Waals surface area contributed by atoms with Crippen molar-refractivity contribution in [1.82, 2.24) is 4.57 Å². The van der Waals surface area contributed by atoms with E-state index in [-0.39, 0.29) is 23.1 Å². The fourth-order valence-corrected chi connectivity index (χ4v) is 2.16. The van der Waals surface area contributed by atoms with E-state index in [1.54, 1.807) is 6.92 Å². The summed E-state index contributed by atoms with van der Waals surface area (Å²) in [4.78, 5) is 35.1. The van der Waals surface area contributed by atoms with Crippen LogP contribution in [-0.2, 0) is 6.54 Å². The highest BCUT2D eigenvalue weighted by Gasteiger charge is 2.14. The van der Waals surface area contributed by atoms with Crippen LogP contribution in [0.1, 0.15) is 23.8 Å². The van der Waals surface area contributed by atoms with E-state index in [0.29, 0.717) is 6.42 Å². The third-order valence-corrected chi connectivity index (χ3v) is 3.17. The van der Waals surface area contributed by atoms with Gasteiger partial charge in [-0.05, 0) is 19.1 Å². The maximum atomic E-state index is 12.1. The molecule has 0 aliphatic heterocycles. The van der Waals surface area contributed by atoms with Gasteiger partial charge in [-0.3, -0.25) is 9.59 Å². The van der Waals surface area contributed by atoms with Crippen LogP contribution >= 0.6 is 0 Å². The van der Waals surface area contributed by atoms with E-state index in [4.69, 9.17) is 0 Å². The van der Waals surface area contributed by atoms with Gasteiger partial charge in [0.05, 0.1) is 5.52 Å². The molecule has 0 spiro atoms. The number of pyridine rings is 1. The molecule has 1 aromatic heterocycles. The number of nitrogens with zero attached hydrogens (tertiary/aromatic N) is 1. The largest absolute Gasteiger partial charge is 0.504 e. The monoisotopic (exact) mass is 299 g/mol. The van der Waals surface area contributed by atoms with Gasteiger partial charge < -0.3 is 14.8 Å². The van der Waals surface area contributed by atoms with Crippen LogP contribution in [0.4, 0.5) is 0 Å². The maximum Gasteiger partial charge on any atom is 0.352 e. The number of fused-ring (bicyclic) bond motifs is 1. The number of carbonyl (C=O) groups is 1. The predicted octanol–water partition coefficient (Wildman–Crippen LogP) is 1.18. The normalized spacial score (nSPS) is 10.0. The molecule has 2 rings (SSSR count). The van der Waals surface area contributed by atoms with Gasteiger partial charge in [0.15, 0.2) is 11.2 Å². The number of hydrogen-bond donors (Lipinski definition) is 2. The number of aromatic nitrogens is 1. The average molecular weight is 299 g/mol. The Bertz CT molecular complexity index is 931. The van der Waals surface area contributed by atoms with Crippen LogP contribution in [0.15, 0.2) is 33.9 Å². The second kappa shape index (κ2) is 6.14. The zero-order chi connectivity index (χ0) is 16.3. The molecule has 2 N–H and O–H groups in total. The Morgan fingerprint density at radius 2 is 1.95 bits per heavy atom. The molecule has 2 aromatic rings. The lowest BCUT2D eigenvalue weighted by atomic mass is 10.2. The highest BCUT2D eigenvalue weighted by atomic mass is 16.4. The summed E-state index contributed by atoms with van der Waals surface area (Å²) in [5, 5.41) is 18.8. The van der Waals surface area contributed by atoms with E-state index in [0.717, 1.165) is 18.2 Å². The quantitative estimate of drug-likeness (QED) is 0.830. The van der Waals surface area contributed by atoms with Crippen molar-refractivity contribution >= 4 is 16.9 Å². The first kappa shape index (κ1) is 15.3. The molecule has 0 aliphatic carbocycles. The van der Waals surface area contributed by atoms with E-state index in [2.05, 4.69) is 11.8 Å². The van der Waals surface area contributed by atoms with E-state index in [1.807, 2.05) is 0 Å². The molecule has 0 radical (unpaired) electrons. The van der Waals surface area contributed by atoms with Gasteiger partial charge in [-0.25, -0.2) is 4.79 Å². The van der Waals surface area contributed by atoms with E-state index in [1.165, 1.54) is 10.6 Å². The summed E-state index contributed by atoms with van der Waals surface area (Å²) < 4.78 is 1.41. The summed E-state index contributed by atoms with van der Waals surface area (Å²) in [5.74, 6) is 3.77. The Morgan fingerprint density at radius 3 is 2.59 bits per heavy atom. The lowest BCUT2D eigenvalue weighted by Gasteiger charge is -2.11. The van der Waals surface area contributed by atoms with Crippen LogP contribution in [0.3, 0.4) is 0 Å². The van der Waals surface area contributed by atoms with E-state index < -0.39 is 22.6 Å². The summed E-state index contributed by atoms with van der Waals surface area (Å²) in [5.41, 5.74) is -1.21. The van der Waals surface area contributed by atoms with Crippen LogP contribution < -0.4 is 10.9 Å². The highest BCUT2D eigenvalue weighted by Crippen LogP contribution is 2.14. The van der Waals surface area contributed by atoms with Crippen molar-refractivity contribution in [2.75, 3.05) is 0 Å². The third-order valence-electron chi connectivity index (χ3n) is 3.17. The fraction of sp³-hybridized carbons (Fsp3) is 0.188. The van der Waals surface area contributed by atoms with Crippen molar-refractivity contribution in [3.05, 3.63) is 50.4 Å². The summed E-state index contributed by atoms with van der Waals surface area (Å²) in [6.07, 6.45) is 0.392. The van der Waals surface area contributed by atoms with Crippen LogP contribution in [0, 0.1) is 11.8 Å². The van der Waals surface area contributed by atoms with Gasteiger partial charge in [0, 0.05) is 30.5 Å². The molecular formula is C16H13NO5. The van der Waals surface area contributed by atoms with Crippen molar-refractivity contribution in [2.24, 2.45) is 0 Å². The molecule has 0 saturated heterocycles. The molecule has 0 bridgehead atoms. The fourth-order valence-electron chi connectivity index (χ4n) is 2.16. The van der Waals surface area contributed by atoms with Gasteiger partial charge in [-0.1, -0.05) is 0 Å². The topological polar surface area (TPSA) is 96.6 Å². The number of carboxylic acids is 1. The highest BCUT2D eigenvalue weighted by molar-refractivity contribution is 5.90. The van der Waals surface area contributed by atoms with Gasteiger partial charge in [0.25, 0.3) is 0 Å². The van der Waals surface area contributed by atoms with Crippen molar-refractivity contribution in [2.45, 2.75) is 19.9 Å². The van der Waals surface area contributed by atoms with Crippen LogP contribution in [0.5, 0.6) is 5.75 Å². The Hall–Kier alpha value is -3.07. The number of carboxylic acid groups (broad SMARTS) is 1. The molecular weight excluding hydrogens is 286 g/mol. The Morgan fingerprint density at radius 1 is 1.23 bits per heavy atom. The lowest BCUT2D eigenvalue weighted by molar-refractivity contribution is 0.0684. The van der Waals surface area contributed by atoms with Crippen molar-refractivity contribution in [3.8, 4) is 17.6 Å². The summed E-state index contributed by atoms with van der Waals surface area (Å²) in [6.45, 7) is 1.92. The number of aromatic carboxylic acids is 1. The molecule has 1 aromatic carbocycles. The number of rotatable bonds is 3. The van der Waals surface area contributed by atoms with E-state index >= 15 is 0 Å². The standard InChI is InChI=1S/C16H13NO5/c1-2-3-4-7-17-11-5-6-13(18)15(20)8-10(11)14(19)9-12(17)16(21)22/h5-6,8-9H,4,7H2,1H3,(H,18,20)(H,21,22). The molecule has 0 amide bonds. The number of aryl methyl sites for hydroxylation is 1. The van der Waals surface area contributed by atoms with Gasteiger partial charge in [-0.15, -0.1) is 11.8 Å². The van der Waals surface area contributed by atoms with Crippen LogP contribution in [0.25, 0.3) is 10.9 Å². The summed E-state index contributed by atoms with van der Waals surface area (Å²) in [6, 6.07) is 4.50. The van der Waals surface area contributed by atoms with Crippen molar-refractivity contribution < 1.29 is 15.0 Å². The molecule has 1 heterocycles. The van der Waals surface area contributed by atoms with Crippen molar-refractivity contribution in [1.29, 1.82) is 0 Å². The van der Waals surface area contributed by atoms with Crippen LogP contribution in [0.2, 0.25) is 0 Å². The lowest BCUT2D eigenvalue weighted by Crippen LogP contribution is -2.18. The molecule has 0 aliphatic rings. The van der Waals surface area contributed by atoms with Gasteiger partial charge in [0.1, 0.15) is 5.69 Å². The first-order chi connectivity index (χ1) is 10.5. The van der Waals surface area contributed by atoms with E-state index in [9.17, 15) is 24.6 Å². The SMILES string of the molecule is CC#CCCn1c(C(=O)O)cc(=O)c2cc(=O)c(O)ccc21. The minimum absolute atomic E-state index is 0.0553. The third kappa shape index (κ3) is 2.83. The molecule has 6 heteroatoms. The molecule has 22 heavy (non-hydrogen) atoms. The number of hydrogen-bond acceptors (Lipinski definition) is 4. The second-order valence-corrected chi connectivity index (χ2v) is 4.55. The molecule has 0 atom stereocenters. The zero-order valence-electron chi connectivity index (χ0n) is 11.8. The minimum Gasteiger partial charge on any atom is -0.504 e. The first-order valence-electron chi connectivity index (χ1n) is 6.49. The average Bonchev–Trinajstić information content (AvgIpc) is 2.62. The predicted molar refractivity (Wildman–Crippen MR) is 81.2 cm³/mol. The number of aromatic hydroxyl groups is 1. The molecule has 112 valence electrons. The molecule has 0 fully saturated rings. The Kier molecular flexibility index (Phi) is 4.28. The first-order valence-corrected chi connectivity index (χ1v) is 6.49. The summed E-state index contributed by atoms with van der Waals surface area (Å²) in [7, 11) is 0. The molecule has 0 saturated carbocycles. The molecule has 6 nitrogen and oxygen atoms in total. The maximum absolute atomic E-state index is 12.1. The molecule has 0 unspecified atom stereocenters. The van der Waals surface area contributed by atoms with Crippen molar-refractivity contribution in [3.63, 3.8) is 0 Å².